The van der Waals surface area contributed by atoms with Gasteiger partial charge in [-0.15, -0.1) is 0 Å². The van der Waals surface area contributed by atoms with Crippen molar-refractivity contribution in [2.45, 2.75) is 27.7 Å². The van der Waals surface area contributed by atoms with Crippen LogP contribution >= 0.6 is 0 Å². The van der Waals surface area contributed by atoms with Gasteiger partial charge in [0.2, 0.25) is 0 Å². The number of hydrogen-bond acceptors (Lipinski definition) is 5. The van der Waals surface area contributed by atoms with E-state index in [9.17, 15) is 24.6 Å². The Morgan fingerprint density at radius 2 is 1.46 bits per heavy atom. The molecule has 1 saturated carbocycles. The van der Waals surface area contributed by atoms with Gasteiger partial charge in [-0.3, -0.25) is 14.4 Å². The fourth-order valence-corrected chi connectivity index (χ4v) is 2.83. The topological polar surface area (TPSA) is 91.7 Å². The highest BCUT2D eigenvalue weighted by molar-refractivity contribution is 6.38. The van der Waals surface area contributed by atoms with Gasteiger partial charge in [0.1, 0.15) is 17.1 Å². The molecule has 24 heavy (non-hydrogen) atoms. The third kappa shape index (κ3) is 2.66. The lowest BCUT2D eigenvalue weighted by molar-refractivity contribution is -0.151. The van der Waals surface area contributed by atoms with Gasteiger partial charge < -0.3 is 10.2 Å². The summed E-state index contributed by atoms with van der Waals surface area (Å²) < 4.78 is 0. The molecule has 0 aromatic heterocycles. The molecular formula is C19H20O5. The molecule has 1 aromatic rings. The van der Waals surface area contributed by atoms with Crippen molar-refractivity contribution in [2.24, 2.45) is 10.8 Å². The Labute approximate surface area is 140 Å². The van der Waals surface area contributed by atoms with Crippen LogP contribution in [0.15, 0.2) is 41.7 Å². The molecule has 0 radical (unpaired) electrons. The molecule has 5 nitrogen and oxygen atoms in total. The zero-order chi connectivity index (χ0) is 18.3. The monoisotopic (exact) mass is 328 g/mol. The minimum Gasteiger partial charge on any atom is -0.507 e. The first-order valence-electron chi connectivity index (χ1n) is 7.55. The summed E-state index contributed by atoms with van der Waals surface area (Å²) >= 11 is 0. The van der Waals surface area contributed by atoms with Crippen molar-refractivity contribution in [1.82, 2.24) is 0 Å². The van der Waals surface area contributed by atoms with Crippen LogP contribution in [0, 0.1) is 10.8 Å². The summed E-state index contributed by atoms with van der Waals surface area (Å²) in [6.07, 6.45) is 2.58. The third-order valence-corrected chi connectivity index (χ3v) is 4.34. The molecular weight excluding hydrogens is 308 g/mol. The molecule has 1 fully saturated rings. The van der Waals surface area contributed by atoms with Crippen molar-refractivity contribution in [2.75, 3.05) is 0 Å². The quantitative estimate of drug-likeness (QED) is 0.377. The first-order valence-corrected chi connectivity index (χ1v) is 7.55. The Bertz CT molecular complexity index is 762. The summed E-state index contributed by atoms with van der Waals surface area (Å²) in [6.45, 7) is 5.80. The smallest absolute Gasteiger partial charge is 0.183 e. The molecule has 0 spiro atoms. The van der Waals surface area contributed by atoms with Gasteiger partial charge >= 0.3 is 0 Å². The third-order valence-electron chi connectivity index (χ3n) is 4.34. The van der Waals surface area contributed by atoms with Crippen molar-refractivity contribution < 1.29 is 24.6 Å². The Morgan fingerprint density at radius 1 is 0.958 bits per heavy atom. The number of aliphatic hydroxyl groups is 1. The number of carbonyl (C=O) groups is 3. The molecule has 2 N–H and O–H groups in total. The Hall–Kier alpha value is -2.69. The second-order valence-electron chi connectivity index (χ2n) is 6.89. The molecule has 0 amide bonds. The maximum absolute atomic E-state index is 12.5. The minimum atomic E-state index is -1.39. The Kier molecular flexibility index (Phi) is 4.23. The maximum Gasteiger partial charge on any atom is 0.183 e. The number of aliphatic hydroxyl groups excluding tert-OH is 1. The summed E-state index contributed by atoms with van der Waals surface area (Å²) in [5.41, 5.74) is -2.72. The van der Waals surface area contributed by atoms with Crippen LogP contribution in [0.5, 0.6) is 5.75 Å². The lowest BCUT2D eigenvalue weighted by Crippen LogP contribution is -2.54. The van der Waals surface area contributed by atoms with E-state index in [1.165, 1.54) is 45.9 Å². The van der Waals surface area contributed by atoms with Crippen LogP contribution in [-0.2, 0) is 14.4 Å². The number of carbonyl (C=O) groups excluding carboxylic acids is 3. The van der Waals surface area contributed by atoms with Crippen molar-refractivity contribution in [3.05, 3.63) is 47.2 Å². The van der Waals surface area contributed by atoms with Gasteiger partial charge in [0.05, 0.1) is 10.8 Å². The fraction of sp³-hybridized carbons (Fsp3) is 0.316. The van der Waals surface area contributed by atoms with Crippen molar-refractivity contribution in [1.29, 1.82) is 0 Å². The second kappa shape index (κ2) is 5.74. The van der Waals surface area contributed by atoms with Gasteiger partial charge in [-0.2, -0.15) is 0 Å². The molecule has 0 atom stereocenters. The molecule has 1 aliphatic carbocycles. The molecule has 0 heterocycles. The highest BCUT2D eigenvalue weighted by atomic mass is 16.3. The molecule has 126 valence electrons. The number of hydrogen-bond donors (Lipinski definition) is 2. The summed E-state index contributed by atoms with van der Waals surface area (Å²) in [5.74, 6) is -2.37. The number of phenolic OH excluding ortho intramolecular Hbond substituents is 1. The normalized spacial score (nSPS) is 19.8. The van der Waals surface area contributed by atoms with E-state index in [2.05, 4.69) is 0 Å². The zero-order valence-electron chi connectivity index (χ0n) is 14.1. The largest absolute Gasteiger partial charge is 0.507 e. The van der Waals surface area contributed by atoms with Crippen molar-refractivity contribution >= 4 is 23.4 Å². The molecule has 1 aromatic carbocycles. The van der Waals surface area contributed by atoms with Gasteiger partial charge in [-0.1, -0.05) is 18.2 Å². The number of phenols is 1. The van der Waals surface area contributed by atoms with Crippen LogP contribution in [0.1, 0.15) is 33.3 Å². The van der Waals surface area contributed by atoms with Crippen LogP contribution in [0.25, 0.3) is 6.08 Å². The Balaban J connectivity index is 2.53. The van der Waals surface area contributed by atoms with E-state index in [0.717, 1.165) is 0 Å². The highest BCUT2D eigenvalue weighted by Crippen LogP contribution is 2.41. The van der Waals surface area contributed by atoms with E-state index in [1.54, 1.807) is 18.2 Å². The van der Waals surface area contributed by atoms with E-state index in [1.807, 2.05) is 0 Å². The zero-order valence-corrected chi connectivity index (χ0v) is 14.1. The second-order valence-corrected chi connectivity index (χ2v) is 6.89. The number of allylic oxidation sites excluding steroid dienone is 2. The van der Waals surface area contributed by atoms with E-state index in [0.29, 0.717) is 5.56 Å². The van der Waals surface area contributed by atoms with E-state index < -0.39 is 33.9 Å². The van der Waals surface area contributed by atoms with Gasteiger partial charge in [0.15, 0.2) is 17.3 Å². The molecule has 1 aliphatic rings. The average Bonchev–Trinajstić information content (AvgIpc) is 2.52. The molecule has 0 aliphatic heterocycles. The number of para-hydroxylation sites is 1. The van der Waals surface area contributed by atoms with E-state index >= 15 is 0 Å². The summed E-state index contributed by atoms with van der Waals surface area (Å²) in [4.78, 5) is 37.4. The first-order chi connectivity index (χ1) is 11.0. The number of aromatic hydroxyl groups is 1. The summed E-state index contributed by atoms with van der Waals surface area (Å²) in [6, 6.07) is 6.44. The average molecular weight is 328 g/mol. The predicted octanol–water partition coefficient (Wildman–Crippen LogP) is 2.99. The Morgan fingerprint density at radius 3 is 1.96 bits per heavy atom. The molecule has 0 bridgehead atoms. The van der Waals surface area contributed by atoms with Gasteiger partial charge in [-0.05, 0) is 45.9 Å². The lowest BCUT2D eigenvalue weighted by Gasteiger charge is -2.37. The number of ketones is 3. The van der Waals surface area contributed by atoms with Crippen LogP contribution in [0.4, 0.5) is 0 Å². The lowest BCUT2D eigenvalue weighted by atomic mass is 9.60. The van der Waals surface area contributed by atoms with Crippen LogP contribution in [0.3, 0.4) is 0 Å². The fourth-order valence-electron chi connectivity index (χ4n) is 2.83. The number of benzene rings is 1. The van der Waals surface area contributed by atoms with Crippen molar-refractivity contribution in [3.63, 3.8) is 0 Å². The van der Waals surface area contributed by atoms with Gasteiger partial charge in [-0.25, -0.2) is 0 Å². The van der Waals surface area contributed by atoms with Crippen LogP contribution < -0.4 is 0 Å². The van der Waals surface area contributed by atoms with Crippen LogP contribution in [-0.4, -0.2) is 27.6 Å². The van der Waals surface area contributed by atoms with E-state index in [4.69, 9.17) is 0 Å². The van der Waals surface area contributed by atoms with Gasteiger partial charge in [0, 0.05) is 5.56 Å². The maximum atomic E-state index is 12.5. The number of Topliss-reactive ketones (excluding diaryl/α,β-unsaturated/α-hetero) is 3. The van der Waals surface area contributed by atoms with Gasteiger partial charge in [0.25, 0.3) is 0 Å². The molecule has 5 heteroatoms. The molecule has 2 rings (SSSR count). The molecule has 0 saturated heterocycles. The minimum absolute atomic E-state index is 0.00341. The summed E-state index contributed by atoms with van der Waals surface area (Å²) in [7, 11) is 0. The van der Waals surface area contributed by atoms with E-state index in [-0.39, 0.29) is 11.3 Å². The SMILES string of the molecule is CC1(C)C(=O)C(=C(O)/C=C/c2ccccc2O)C(=O)C(C)(C)C1=O. The number of rotatable bonds is 2. The van der Waals surface area contributed by atoms with Crippen molar-refractivity contribution in [3.8, 4) is 5.75 Å². The highest BCUT2D eigenvalue weighted by Gasteiger charge is 2.56. The predicted molar refractivity (Wildman–Crippen MR) is 89.4 cm³/mol. The summed E-state index contributed by atoms with van der Waals surface area (Å²) in [5, 5.41) is 20.0. The standard InChI is InChI=1S/C19H20O5/c1-18(2)15(22)14(16(23)19(3,4)17(18)24)13(21)10-9-11-7-5-6-8-12(11)20/h5-10,20-21H,1-4H3/b10-9+. The first kappa shape index (κ1) is 17.7. The van der Waals surface area contributed by atoms with Crippen LogP contribution in [0.2, 0.25) is 0 Å². The molecule has 0 unspecified atom stereocenters.